The fourth-order valence-electron chi connectivity index (χ4n) is 1.84. The second-order valence-corrected chi connectivity index (χ2v) is 6.33. The van der Waals surface area contributed by atoms with E-state index >= 15 is 0 Å². The first kappa shape index (κ1) is 13.0. The Balaban J connectivity index is 2.69. The average molecular weight is 289 g/mol. The van der Waals surface area contributed by atoms with Crippen LogP contribution in [0, 0.1) is 19.7 Å². The maximum absolute atomic E-state index is 13.1. The van der Waals surface area contributed by atoms with E-state index in [0.29, 0.717) is 11.4 Å². The van der Waals surface area contributed by atoms with Gasteiger partial charge >= 0.3 is 0 Å². The quantitative estimate of drug-likeness (QED) is 0.798. The first-order valence-electron chi connectivity index (χ1n) is 5.07. The Bertz CT molecular complexity index is 710. The highest BCUT2D eigenvalue weighted by Crippen LogP contribution is 2.25. The van der Waals surface area contributed by atoms with Crippen molar-refractivity contribution in [1.82, 2.24) is 9.78 Å². The second-order valence-electron chi connectivity index (χ2n) is 3.83. The molecule has 0 aliphatic rings. The van der Waals surface area contributed by atoms with Crippen LogP contribution in [0.4, 0.5) is 4.39 Å². The van der Waals surface area contributed by atoms with E-state index in [-0.39, 0.29) is 10.6 Å². The smallest absolute Gasteiger partial charge is 0.236 e. The number of nitrogens with zero attached hydrogens (tertiary/aromatic N) is 2. The highest BCUT2D eigenvalue weighted by atomic mass is 35.7. The van der Waals surface area contributed by atoms with Crippen LogP contribution < -0.4 is 0 Å². The van der Waals surface area contributed by atoms with Gasteiger partial charge in [-0.1, -0.05) is 6.07 Å². The molecular formula is C11H10ClFN2O2S. The van der Waals surface area contributed by atoms with Crippen LogP contribution in [0.3, 0.4) is 0 Å². The highest BCUT2D eigenvalue weighted by Gasteiger charge is 2.23. The molecule has 2 rings (SSSR count). The zero-order valence-electron chi connectivity index (χ0n) is 9.68. The molecule has 0 aliphatic carbocycles. The van der Waals surface area contributed by atoms with E-state index in [2.05, 4.69) is 5.10 Å². The molecule has 0 amide bonds. The lowest BCUT2D eigenvalue weighted by atomic mass is 10.3. The molecule has 1 aromatic carbocycles. The van der Waals surface area contributed by atoms with Gasteiger partial charge in [0, 0.05) is 10.7 Å². The van der Waals surface area contributed by atoms with Gasteiger partial charge in [0.2, 0.25) is 0 Å². The fraction of sp³-hybridized carbons (Fsp3) is 0.182. The molecule has 0 aliphatic heterocycles. The molecule has 0 radical (unpaired) electrons. The normalized spacial score (nSPS) is 11.8. The van der Waals surface area contributed by atoms with Crippen molar-refractivity contribution in [3.63, 3.8) is 0 Å². The van der Waals surface area contributed by atoms with E-state index in [0.717, 1.165) is 0 Å². The van der Waals surface area contributed by atoms with Crippen molar-refractivity contribution in [2.45, 2.75) is 18.7 Å². The van der Waals surface area contributed by atoms with E-state index in [1.807, 2.05) is 0 Å². The van der Waals surface area contributed by atoms with Gasteiger partial charge < -0.3 is 0 Å². The predicted molar refractivity (Wildman–Crippen MR) is 66.0 cm³/mol. The monoisotopic (exact) mass is 288 g/mol. The Morgan fingerprint density at radius 1 is 1.33 bits per heavy atom. The number of aromatic nitrogens is 2. The predicted octanol–water partition coefficient (Wildman–Crippen LogP) is 2.56. The van der Waals surface area contributed by atoms with E-state index in [1.54, 1.807) is 13.0 Å². The van der Waals surface area contributed by atoms with Gasteiger partial charge in [0.15, 0.2) is 0 Å². The van der Waals surface area contributed by atoms with E-state index < -0.39 is 14.9 Å². The lowest BCUT2D eigenvalue weighted by Crippen LogP contribution is -2.00. The van der Waals surface area contributed by atoms with Crippen LogP contribution in [0.5, 0.6) is 0 Å². The summed E-state index contributed by atoms with van der Waals surface area (Å²) in [6.07, 6.45) is 0. The Labute approximate surface area is 108 Å². The Kier molecular flexibility index (Phi) is 3.16. The maximum Gasteiger partial charge on any atom is 0.264 e. The van der Waals surface area contributed by atoms with Gasteiger partial charge in [0.25, 0.3) is 9.05 Å². The lowest BCUT2D eigenvalue weighted by molar-refractivity contribution is 0.608. The molecule has 96 valence electrons. The third-order valence-corrected chi connectivity index (χ3v) is 4.06. The Morgan fingerprint density at radius 2 is 2.00 bits per heavy atom. The van der Waals surface area contributed by atoms with Crippen LogP contribution in [0.25, 0.3) is 5.69 Å². The molecule has 0 N–H and O–H groups in total. The minimum Gasteiger partial charge on any atom is -0.236 e. The van der Waals surface area contributed by atoms with Gasteiger partial charge in [-0.05, 0) is 32.0 Å². The molecule has 0 spiro atoms. The van der Waals surface area contributed by atoms with Crippen molar-refractivity contribution in [2.75, 3.05) is 0 Å². The van der Waals surface area contributed by atoms with Crippen molar-refractivity contribution in [3.05, 3.63) is 41.5 Å². The van der Waals surface area contributed by atoms with Gasteiger partial charge in [0.1, 0.15) is 10.7 Å². The van der Waals surface area contributed by atoms with Gasteiger partial charge in [0.05, 0.1) is 17.1 Å². The van der Waals surface area contributed by atoms with Crippen molar-refractivity contribution < 1.29 is 12.8 Å². The molecule has 2 aromatic rings. The number of hydrogen-bond donors (Lipinski definition) is 0. The number of rotatable bonds is 2. The van der Waals surface area contributed by atoms with Crippen LogP contribution in [0.1, 0.15) is 11.4 Å². The van der Waals surface area contributed by atoms with Gasteiger partial charge in [-0.2, -0.15) is 5.10 Å². The molecule has 0 bridgehead atoms. The summed E-state index contributed by atoms with van der Waals surface area (Å²) in [5, 5.41) is 4.07. The Hall–Kier alpha value is -1.40. The molecule has 0 atom stereocenters. The highest BCUT2D eigenvalue weighted by molar-refractivity contribution is 8.13. The molecule has 0 saturated heterocycles. The summed E-state index contributed by atoms with van der Waals surface area (Å²) in [4.78, 5) is -0.0339. The standard InChI is InChI=1S/C11H10ClFN2O2S/c1-7-11(18(12,16)17)8(2)15(14-7)10-5-3-4-9(13)6-10/h3-6H,1-2H3. The first-order valence-corrected chi connectivity index (χ1v) is 7.38. The van der Waals surface area contributed by atoms with Gasteiger partial charge in [-0.25, -0.2) is 17.5 Å². The fourth-order valence-corrected chi connectivity index (χ4v) is 3.34. The molecule has 7 heteroatoms. The minimum atomic E-state index is -3.87. The van der Waals surface area contributed by atoms with Crippen LogP contribution >= 0.6 is 10.7 Å². The zero-order chi connectivity index (χ0) is 13.5. The summed E-state index contributed by atoms with van der Waals surface area (Å²) < 4.78 is 37.3. The lowest BCUT2D eigenvalue weighted by Gasteiger charge is -2.04. The van der Waals surface area contributed by atoms with E-state index in [1.165, 1.54) is 29.8 Å². The zero-order valence-corrected chi connectivity index (χ0v) is 11.3. The van der Waals surface area contributed by atoms with Gasteiger partial charge in [-0.15, -0.1) is 0 Å². The molecule has 18 heavy (non-hydrogen) atoms. The van der Waals surface area contributed by atoms with Crippen molar-refractivity contribution in [1.29, 1.82) is 0 Å². The minimum absolute atomic E-state index is 0.0339. The molecule has 0 fully saturated rings. The summed E-state index contributed by atoms with van der Waals surface area (Å²) >= 11 is 0. The van der Waals surface area contributed by atoms with Crippen LogP contribution in [0.2, 0.25) is 0 Å². The molecular weight excluding hydrogens is 279 g/mol. The number of benzene rings is 1. The molecule has 4 nitrogen and oxygen atoms in total. The molecule has 1 aromatic heterocycles. The number of halogens is 2. The summed E-state index contributed by atoms with van der Waals surface area (Å²) in [5.74, 6) is -0.421. The number of aryl methyl sites for hydroxylation is 1. The Morgan fingerprint density at radius 3 is 2.50 bits per heavy atom. The van der Waals surface area contributed by atoms with Crippen molar-refractivity contribution in [2.24, 2.45) is 0 Å². The average Bonchev–Trinajstić information content (AvgIpc) is 2.53. The SMILES string of the molecule is Cc1nn(-c2cccc(F)c2)c(C)c1S(=O)(=O)Cl. The molecule has 0 saturated carbocycles. The second kappa shape index (κ2) is 4.37. The summed E-state index contributed by atoms with van der Waals surface area (Å²) in [5.41, 5.74) is 1.09. The number of hydrogen-bond acceptors (Lipinski definition) is 3. The molecule has 1 heterocycles. The third-order valence-electron chi connectivity index (χ3n) is 2.52. The van der Waals surface area contributed by atoms with E-state index in [4.69, 9.17) is 10.7 Å². The van der Waals surface area contributed by atoms with Crippen LogP contribution in [-0.2, 0) is 9.05 Å². The first-order chi connectivity index (χ1) is 8.30. The summed E-state index contributed by atoms with van der Waals surface area (Å²) in [6.45, 7) is 3.11. The third kappa shape index (κ3) is 2.26. The van der Waals surface area contributed by atoms with E-state index in [9.17, 15) is 12.8 Å². The largest absolute Gasteiger partial charge is 0.264 e. The topological polar surface area (TPSA) is 52.0 Å². The summed E-state index contributed by atoms with van der Waals surface area (Å²) in [7, 11) is 1.48. The maximum atomic E-state index is 13.1. The molecule has 0 unspecified atom stereocenters. The van der Waals surface area contributed by atoms with Crippen LogP contribution in [-0.4, -0.2) is 18.2 Å². The summed E-state index contributed by atoms with van der Waals surface area (Å²) in [6, 6.07) is 5.72. The van der Waals surface area contributed by atoms with Crippen molar-refractivity contribution in [3.8, 4) is 5.69 Å². The van der Waals surface area contributed by atoms with Gasteiger partial charge in [-0.3, -0.25) is 0 Å². The van der Waals surface area contributed by atoms with Crippen molar-refractivity contribution >= 4 is 19.7 Å². The van der Waals surface area contributed by atoms with Crippen LogP contribution in [0.15, 0.2) is 29.2 Å².